The van der Waals surface area contributed by atoms with E-state index < -0.39 is 29.1 Å². The number of hydrogen-bond acceptors (Lipinski definition) is 3. The van der Waals surface area contributed by atoms with Crippen molar-refractivity contribution in [3.05, 3.63) is 71.3 Å². The van der Waals surface area contributed by atoms with Gasteiger partial charge in [0.25, 0.3) is 5.66 Å². The maximum atomic E-state index is 13.8. The Morgan fingerprint density at radius 3 is 2.25 bits per heavy atom. The average Bonchev–Trinajstić information content (AvgIpc) is 2.72. The summed E-state index contributed by atoms with van der Waals surface area (Å²) in [5.74, 6) is 2.30. The molecule has 3 nitrogen and oxygen atoms in total. The maximum Gasteiger partial charge on any atom is 0.417 e. The fraction of sp³-hybridized carbons (Fsp3) is 0.261. The first kappa shape index (κ1) is 25.2. The van der Waals surface area contributed by atoms with Crippen LogP contribution in [0.3, 0.4) is 0 Å². The summed E-state index contributed by atoms with van der Waals surface area (Å²) in [6, 6.07) is 8.51. The van der Waals surface area contributed by atoms with Gasteiger partial charge in [0, 0.05) is 24.0 Å². The summed E-state index contributed by atoms with van der Waals surface area (Å²) < 4.78 is 78.0. The third kappa shape index (κ3) is 6.70. The van der Waals surface area contributed by atoms with Crippen molar-refractivity contribution >= 4 is 9.24 Å². The topological polar surface area (TPSA) is 42.2 Å². The van der Waals surface area contributed by atoms with Gasteiger partial charge >= 0.3 is 6.18 Å². The summed E-state index contributed by atoms with van der Waals surface area (Å²) in [6.07, 6.45) is 2.19. The van der Waals surface area contributed by atoms with E-state index in [4.69, 9.17) is 21.2 Å². The van der Waals surface area contributed by atoms with Crippen molar-refractivity contribution in [2.75, 3.05) is 6.61 Å². The molecule has 0 amide bonds. The largest absolute Gasteiger partial charge is 0.493 e. The standard InChI is InChI=1S/C23H19F5NO2P/c1-3-5-17(31-19-9-6-15(4-2)21(13-19)23(27,28)32)10-11-30-18-8-7-16(14-29)20(12-18)22(24,25)26/h2-3,6-9,12-13,17H,1,5,10-11,32H2. The molecular formula is C23H19F5NO2P. The smallest absolute Gasteiger partial charge is 0.417 e. The molecule has 0 N–H and O–H groups in total. The highest BCUT2D eigenvalue weighted by atomic mass is 31.0. The van der Waals surface area contributed by atoms with Crippen LogP contribution < -0.4 is 9.47 Å². The van der Waals surface area contributed by atoms with Gasteiger partial charge in [0.05, 0.1) is 23.8 Å². The number of hydrogen-bond donors (Lipinski definition) is 0. The highest BCUT2D eigenvalue weighted by Gasteiger charge is 2.34. The minimum atomic E-state index is -4.69. The van der Waals surface area contributed by atoms with Crippen molar-refractivity contribution in [2.45, 2.75) is 30.8 Å². The number of alkyl halides is 5. The van der Waals surface area contributed by atoms with Crippen molar-refractivity contribution in [1.29, 1.82) is 5.26 Å². The van der Waals surface area contributed by atoms with E-state index >= 15 is 0 Å². The second kappa shape index (κ2) is 10.5. The van der Waals surface area contributed by atoms with E-state index in [2.05, 4.69) is 12.5 Å². The number of halogens is 5. The Morgan fingerprint density at radius 1 is 1.06 bits per heavy atom. The molecule has 0 aliphatic heterocycles. The lowest BCUT2D eigenvalue weighted by Crippen LogP contribution is -2.20. The average molecular weight is 467 g/mol. The van der Waals surface area contributed by atoms with E-state index in [9.17, 15) is 22.0 Å². The van der Waals surface area contributed by atoms with Crippen LogP contribution in [-0.2, 0) is 11.8 Å². The monoisotopic (exact) mass is 467 g/mol. The predicted octanol–water partition coefficient (Wildman–Crippen LogP) is 6.28. The number of rotatable bonds is 9. The van der Waals surface area contributed by atoms with Crippen molar-refractivity contribution in [3.63, 3.8) is 0 Å². The second-order valence-corrected chi connectivity index (χ2v) is 7.42. The van der Waals surface area contributed by atoms with Gasteiger partial charge in [-0.05, 0) is 36.4 Å². The van der Waals surface area contributed by atoms with Crippen molar-refractivity contribution < 1.29 is 31.4 Å². The Balaban J connectivity index is 2.11. The van der Waals surface area contributed by atoms with Crippen LogP contribution in [0.5, 0.6) is 11.5 Å². The van der Waals surface area contributed by atoms with Gasteiger partial charge in [-0.2, -0.15) is 27.2 Å². The van der Waals surface area contributed by atoms with Gasteiger partial charge in [-0.3, -0.25) is 0 Å². The van der Waals surface area contributed by atoms with Gasteiger partial charge in [0.15, 0.2) is 0 Å². The van der Waals surface area contributed by atoms with Crippen LogP contribution in [0.15, 0.2) is 49.1 Å². The molecule has 2 aromatic carbocycles. The third-order valence-corrected chi connectivity index (χ3v) is 4.67. The number of nitrogens with zero attached hydrogens (tertiary/aromatic N) is 1. The fourth-order valence-electron chi connectivity index (χ4n) is 2.85. The van der Waals surface area contributed by atoms with Gasteiger partial charge in [-0.1, -0.05) is 21.2 Å². The zero-order valence-electron chi connectivity index (χ0n) is 16.8. The van der Waals surface area contributed by atoms with Crippen LogP contribution in [0.2, 0.25) is 0 Å². The SMILES string of the molecule is C#Cc1ccc(OC(CC=C)CCOc2ccc(C#N)c(C(F)(F)F)c2)cc1C(F)(F)P. The molecule has 0 saturated carbocycles. The fourth-order valence-corrected chi connectivity index (χ4v) is 3.09. The number of terminal acetylenes is 1. The molecule has 0 heterocycles. The van der Waals surface area contributed by atoms with Crippen LogP contribution >= 0.6 is 9.24 Å². The van der Waals surface area contributed by atoms with Gasteiger partial charge < -0.3 is 9.47 Å². The minimum absolute atomic E-state index is 0.0171. The summed E-state index contributed by atoms with van der Waals surface area (Å²) in [5.41, 5.74) is -5.19. The van der Waals surface area contributed by atoms with E-state index in [-0.39, 0.29) is 35.7 Å². The van der Waals surface area contributed by atoms with Gasteiger partial charge in [0.2, 0.25) is 0 Å². The summed E-state index contributed by atoms with van der Waals surface area (Å²) in [6.45, 7) is 3.61. The van der Waals surface area contributed by atoms with Crippen LogP contribution in [-0.4, -0.2) is 12.7 Å². The van der Waals surface area contributed by atoms with Crippen LogP contribution in [0.4, 0.5) is 22.0 Å². The quantitative estimate of drug-likeness (QED) is 0.189. The minimum Gasteiger partial charge on any atom is -0.493 e. The van der Waals surface area contributed by atoms with Crippen molar-refractivity contribution in [3.8, 4) is 29.9 Å². The lowest BCUT2D eigenvalue weighted by Gasteiger charge is -2.20. The number of benzene rings is 2. The summed E-state index contributed by atoms with van der Waals surface area (Å²) in [5, 5.41) is 8.85. The maximum absolute atomic E-state index is 13.8. The molecule has 32 heavy (non-hydrogen) atoms. The lowest BCUT2D eigenvalue weighted by molar-refractivity contribution is -0.137. The zero-order valence-corrected chi connectivity index (χ0v) is 17.9. The Bertz CT molecular complexity index is 1050. The summed E-state index contributed by atoms with van der Waals surface area (Å²) >= 11 is 0. The third-order valence-electron chi connectivity index (χ3n) is 4.36. The molecule has 0 radical (unpaired) electrons. The van der Waals surface area contributed by atoms with Gasteiger partial charge in [-0.15, -0.1) is 13.0 Å². The second-order valence-electron chi connectivity index (χ2n) is 6.69. The predicted molar refractivity (Wildman–Crippen MR) is 113 cm³/mol. The normalized spacial score (nSPS) is 12.4. The molecule has 0 bridgehead atoms. The van der Waals surface area contributed by atoms with E-state index in [1.54, 1.807) is 6.08 Å². The van der Waals surface area contributed by atoms with Crippen molar-refractivity contribution in [1.82, 2.24) is 0 Å². The molecule has 0 aliphatic rings. The first-order valence-electron chi connectivity index (χ1n) is 9.29. The first-order valence-corrected chi connectivity index (χ1v) is 9.86. The van der Waals surface area contributed by atoms with Gasteiger partial charge in [0.1, 0.15) is 17.6 Å². The number of ether oxygens (including phenoxy) is 2. The van der Waals surface area contributed by atoms with Crippen LogP contribution in [0.25, 0.3) is 0 Å². The van der Waals surface area contributed by atoms with Crippen molar-refractivity contribution in [2.24, 2.45) is 0 Å². The molecule has 0 spiro atoms. The Hall–Kier alpha value is -3.09. The molecule has 9 heteroatoms. The molecule has 2 aromatic rings. The molecule has 0 saturated heterocycles. The van der Waals surface area contributed by atoms with Crippen LogP contribution in [0.1, 0.15) is 35.1 Å². The molecule has 0 aliphatic carbocycles. The molecular weight excluding hydrogens is 448 g/mol. The first-order chi connectivity index (χ1) is 15.0. The molecule has 2 rings (SSSR count). The van der Waals surface area contributed by atoms with E-state index in [0.717, 1.165) is 18.2 Å². The van der Waals surface area contributed by atoms with E-state index in [0.29, 0.717) is 6.42 Å². The van der Waals surface area contributed by atoms with Crippen LogP contribution in [0, 0.1) is 23.7 Å². The number of nitriles is 1. The Kier molecular flexibility index (Phi) is 8.25. The highest BCUT2D eigenvalue weighted by molar-refractivity contribution is 7.17. The zero-order chi connectivity index (χ0) is 23.9. The van der Waals surface area contributed by atoms with E-state index in [1.165, 1.54) is 33.5 Å². The highest BCUT2D eigenvalue weighted by Crippen LogP contribution is 2.39. The summed E-state index contributed by atoms with van der Waals surface area (Å²) in [7, 11) is 1.42. The van der Waals surface area contributed by atoms with Gasteiger partial charge in [-0.25, -0.2) is 0 Å². The lowest BCUT2D eigenvalue weighted by atomic mass is 10.1. The van der Waals surface area contributed by atoms with E-state index in [1.807, 2.05) is 0 Å². The molecule has 0 fully saturated rings. The Morgan fingerprint density at radius 2 is 1.69 bits per heavy atom. The summed E-state index contributed by atoms with van der Waals surface area (Å²) in [4.78, 5) is 0. The molecule has 168 valence electrons. The molecule has 0 aromatic heterocycles. The Labute approximate surface area is 185 Å². The molecule has 2 unspecified atom stereocenters. The molecule has 2 atom stereocenters.